The highest BCUT2D eigenvalue weighted by Crippen LogP contribution is 2.57. The number of carbonyl (C=O) groups is 1. The molecule has 8 heteroatoms. The van der Waals surface area contributed by atoms with Crippen molar-refractivity contribution in [3.8, 4) is 0 Å². The van der Waals surface area contributed by atoms with Gasteiger partial charge in [0.25, 0.3) is 5.91 Å². The minimum absolute atomic E-state index is 0.201. The van der Waals surface area contributed by atoms with Gasteiger partial charge in [0.1, 0.15) is 6.10 Å². The number of aliphatic hydroxyl groups is 1. The molecule has 0 radical (unpaired) electrons. The van der Waals surface area contributed by atoms with E-state index in [-0.39, 0.29) is 12.1 Å². The first-order valence-corrected chi connectivity index (χ1v) is 11.4. The summed E-state index contributed by atoms with van der Waals surface area (Å²) in [5, 5.41) is 11.0. The van der Waals surface area contributed by atoms with Crippen LogP contribution < -0.4 is 10.6 Å². The van der Waals surface area contributed by atoms with E-state index in [4.69, 9.17) is 20.2 Å². The zero-order valence-electron chi connectivity index (χ0n) is 17.2. The van der Waals surface area contributed by atoms with Crippen molar-refractivity contribution in [2.75, 3.05) is 24.7 Å². The number of nitrogens with two attached hydrogens (primary N) is 1. The molecule has 8 nitrogen and oxygen atoms in total. The van der Waals surface area contributed by atoms with Gasteiger partial charge in [0.15, 0.2) is 0 Å². The van der Waals surface area contributed by atoms with E-state index in [9.17, 15) is 9.90 Å². The van der Waals surface area contributed by atoms with Crippen LogP contribution in [0.4, 0.5) is 5.95 Å². The van der Waals surface area contributed by atoms with Crippen molar-refractivity contribution in [1.29, 1.82) is 0 Å². The summed E-state index contributed by atoms with van der Waals surface area (Å²) >= 11 is 0. The van der Waals surface area contributed by atoms with Crippen LogP contribution in [0.2, 0.25) is 0 Å². The van der Waals surface area contributed by atoms with Crippen molar-refractivity contribution >= 4 is 11.9 Å². The van der Waals surface area contributed by atoms with Crippen LogP contribution in [-0.2, 0) is 9.47 Å². The summed E-state index contributed by atoms with van der Waals surface area (Å²) in [7, 11) is 0. The van der Waals surface area contributed by atoms with Crippen molar-refractivity contribution in [2.24, 2.45) is 23.5 Å². The number of aromatic nitrogens is 2. The van der Waals surface area contributed by atoms with E-state index in [0.717, 1.165) is 32.1 Å². The first-order valence-electron chi connectivity index (χ1n) is 11.4. The van der Waals surface area contributed by atoms with E-state index < -0.39 is 11.5 Å². The van der Waals surface area contributed by atoms with Gasteiger partial charge < -0.3 is 25.2 Å². The van der Waals surface area contributed by atoms with Crippen LogP contribution in [0.15, 0.2) is 6.20 Å². The third-order valence-corrected chi connectivity index (χ3v) is 8.06. The maximum absolute atomic E-state index is 12.0. The zero-order chi connectivity index (χ0) is 20.5. The van der Waals surface area contributed by atoms with Crippen molar-refractivity contribution in [3.05, 3.63) is 17.5 Å². The van der Waals surface area contributed by atoms with Gasteiger partial charge in [-0.2, -0.15) is 0 Å². The summed E-state index contributed by atoms with van der Waals surface area (Å²) in [5.41, 5.74) is 6.12. The Morgan fingerprint density at radius 2 is 2.00 bits per heavy atom. The Bertz CT molecular complexity index is 838. The van der Waals surface area contributed by atoms with E-state index >= 15 is 0 Å². The highest BCUT2D eigenvalue weighted by molar-refractivity contribution is 5.93. The van der Waals surface area contributed by atoms with Crippen LogP contribution in [0, 0.1) is 17.8 Å². The van der Waals surface area contributed by atoms with Gasteiger partial charge in [-0.15, -0.1) is 0 Å². The molecule has 4 bridgehead atoms. The third kappa shape index (κ3) is 2.95. The fourth-order valence-electron chi connectivity index (χ4n) is 7.07. The third-order valence-electron chi connectivity index (χ3n) is 8.06. The molecule has 6 fully saturated rings. The van der Waals surface area contributed by atoms with Gasteiger partial charge in [0.05, 0.1) is 36.1 Å². The lowest BCUT2D eigenvalue weighted by Gasteiger charge is -2.61. The first kappa shape index (κ1) is 19.0. The van der Waals surface area contributed by atoms with Crippen LogP contribution in [0.1, 0.15) is 67.1 Å². The van der Waals surface area contributed by atoms with Crippen LogP contribution >= 0.6 is 0 Å². The Balaban J connectivity index is 1.39. The summed E-state index contributed by atoms with van der Waals surface area (Å²) in [6.45, 7) is 2.01. The van der Waals surface area contributed by atoms with E-state index in [1.807, 2.05) is 0 Å². The average molecular weight is 415 g/mol. The molecule has 3 N–H and O–H groups in total. The number of carbonyl (C=O) groups excluding carboxylic acids is 1. The van der Waals surface area contributed by atoms with Gasteiger partial charge in [0, 0.05) is 18.8 Å². The van der Waals surface area contributed by atoms with Crippen molar-refractivity contribution in [2.45, 2.75) is 68.7 Å². The molecule has 3 unspecified atom stereocenters. The monoisotopic (exact) mass is 414 g/mol. The largest absolute Gasteiger partial charge is 0.390 e. The number of hydrogen-bond donors (Lipinski definition) is 2. The summed E-state index contributed by atoms with van der Waals surface area (Å²) in [6, 6.07) is 0.548. The van der Waals surface area contributed by atoms with Crippen LogP contribution in [0.5, 0.6) is 0 Å². The quantitative estimate of drug-likeness (QED) is 0.752. The van der Waals surface area contributed by atoms with E-state index in [1.165, 1.54) is 12.8 Å². The summed E-state index contributed by atoms with van der Waals surface area (Å²) in [5.74, 6) is 1.69. The summed E-state index contributed by atoms with van der Waals surface area (Å²) < 4.78 is 11.4. The highest BCUT2D eigenvalue weighted by Gasteiger charge is 2.57. The standard InChI is InChI=1S/C22H30N4O4/c23-20(27)16-9-24-21(25-18(16)17-2-1-3-30-17)26(15-10-29-11-15)19-13-4-12-5-14(19)8-22(28,6-12)7-13/h9,12-15,17,19,28H,1-8,10-11H2,(H2,23,27). The van der Waals surface area contributed by atoms with Crippen LogP contribution in [-0.4, -0.2) is 58.5 Å². The molecule has 30 heavy (non-hydrogen) atoms. The predicted molar refractivity (Wildman–Crippen MR) is 108 cm³/mol. The molecule has 0 spiro atoms. The molecule has 1 aromatic heterocycles. The lowest BCUT2D eigenvalue weighted by molar-refractivity contribution is -0.138. The number of ether oxygens (including phenoxy) is 2. The number of primary amides is 1. The summed E-state index contributed by atoms with van der Waals surface area (Å²) in [6.07, 6.45) is 8.22. The van der Waals surface area contributed by atoms with Crippen LogP contribution in [0.25, 0.3) is 0 Å². The fourth-order valence-corrected chi connectivity index (χ4v) is 7.07. The Morgan fingerprint density at radius 3 is 2.57 bits per heavy atom. The van der Waals surface area contributed by atoms with E-state index in [1.54, 1.807) is 6.20 Å². The van der Waals surface area contributed by atoms with E-state index in [2.05, 4.69) is 9.88 Å². The lowest BCUT2D eigenvalue weighted by Crippen LogP contribution is -2.66. The lowest BCUT2D eigenvalue weighted by atomic mass is 9.52. The minimum Gasteiger partial charge on any atom is -0.390 e. The van der Waals surface area contributed by atoms with Gasteiger partial charge in [-0.25, -0.2) is 9.97 Å². The van der Waals surface area contributed by atoms with Gasteiger partial charge in [-0.05, 0) is 62.7 Å². The van der Waals surface area contributed by atoms with Crippen molar-refractivity contribution in [1.82, 2.24) is 9.97 Å². The Kier molecular flexibility index (Phi) is 4.34. The number of amides is 1. The normalized spacial score (nSPS) is 39.8. The second-order valence-electron chi connectivity index (χ2n) is 10.1. The molecular formula is C22H30N4O4. The predicted octanol–water partition coefficient (Wildman–Crippen LogP) is 1.57. The molecule has 1 aromatic rings. The highest BCUT2D eigenvalue weighted by atomic mass is 16.5. The molecular weight excluding hydrogens is 384 g/mol. The van der Waals surface area contributed by atoms with Crippen molar-refractivity contribution in [3.63, 3.8) is 0 Å². The molecule has 4 saturated carbocycles. The molecule has 4 aliphatic carbocycles. The number of hydrogen-bond acceptors (Lipinski definition) is 7. The zero-order valence-corrected chi connectivity index (χ0v) is 17.2. The molecule has 0 aromatic carbocycles. The minimum atomic E-state index is -0.512. The van der Waals surface area contributed by atoms with Crippen molar-refractivity contribution < 1.29 is 19.4 Å². The molecule has 6 aliphatic rings. The molecule has 1 amide bonds. The second kappa shape index (κ2) is 6.87. The SMILES string of the molecule is NC(=O)c1cnc(N(C2COC2)C2C3CC4CC2CC(O)(C4)C3)nc1C1CCCO1. The smallest absolute Gasteiger partial charge is 0.252 e. The molecule has 3 atom stereocenters. The molecule has 7 rings (SSSR count). The average Bonchev–Trinajstić information content (AvgIpc) is 3.18. The molecule has 3 heterocycles. The number of rotatable bonds is 5. The summed E-state index contributed by atoms with van der Waals surface area (Å²) in [4.78, 5) is 23.9. The maximum Gasteiger partial charge on any atom is 0.252 e. The van der Waals surface area contributed by atoms with Gasteiger partial charge >= 0.3 is 0 Å². The Labute approximate surface area is 176 Å². The van der Waals surface area contributed by atoms with Gasteiger partial charge in [-0.1, -0.05) is 0 Å². The molecule has 2 aliphatic heterocycles. The first-order chi connectivity index (χ1) is 14.5. The van der Waals surface area contributed by atoms with Gasteiger partial charge in [-0.3, -0.25) is 4.79 Å². The van der Waals surface area contributed by atoms with E-state index in [0.29, 0.717) is 60.8 Å². The Morgan fingerprint density at radius 1 is 1.23 bits per heavy atom. The second-order valence-corrected chi connectivity index (χ2v) is 10.1. The fraction of sp³-hybridized carbons (Fsp3) is 0.773. The van der Waals surface area contributed by atoms with Crippen LogP contribution in [0.3, 0.4) is 0 Å². The molecule has 2 saturated heterocycles. The topological polar surface area (TPSA) is 111 Å². The number of nitrogens with zero attached hydrogens (tertiary/aromatic N) is 3. The maximum atomic E-state index is 12.0. The number of anilines is 1. The molecule has 162 valence electrons. The Hall–Kier alpha value is -1.77. The van der Waals surface area contributed by atoms with Gasteiger partial charge in [0.2, 0.25) is 5.95 Å².